The molecule has 0 N–H and O–H groups in total. The summed E-state index contributed by atoms with van der Waals surface area (Å²) < 4.78 is 47.7. The summed E-state index contributed by atoms with van der Waals surface area (Å²) >= 11 is 0. The van der Waals surface area contributed by atoms with Gasteiger partial charge in [0.1, 0.15) is 6.61 Å². The van der Waals surface area contributed by atoms with E-state index in [2.05, 4.69) is 19.2 Å². The number of hydrogen-bond donors (Lipinski definition) is 0. The van der Waals surface area contributed by atoms with Gasteiger partial charge in [-0.15, -0.1) is 0 Å². The third-order valence-electron chi connectivity index (χ3n) is 2.90. The van der Waals surface area contributed by atoms with Crippen LogP contribution >= 0.6 is 0 Å². The van der Waals surface area contributed by atoms with Crippen LogP contribution in [0.4, 0.5) is 8.78 Å². The van der Waals surface area contributed by atoms with Crippen molar-refractivity contribution in [1.29, 1.82) is 0 Å². The molecule has 0 aromatic carbocycles. The first kappa shape index (κ1) is 19.7. The van der Waals surface area contributed by atoms with Crippen molar-refractivity contribution in [3.8, 4) is 0 Å². The average Bonchev–Trinajstić information content (AvgIpc) is 2.43. The van der Waals surface area contributed by atoms with E-state index in [-0.39, 0.29) is 0 Å². The van der Waals surface area contributed by atoms with Gasteiger partial charge in [0, 0.05) is 20.8 Å². The highest BCUT2D eigenvalue weighted by atomic mass is 19.3. The molecule has 1 aliphatic heterocycles. The lowest BCUT2D eigenvalue weighted by atomic mass is 9.96. The summed E-state index contributed by atoms with van der Waals surface area (Å²) in [5, 5.41) is 0. The SMILES string of the molecule is CC(=O)OC[C@H]1O[C@@H](N=C=O)[C@H](OC(C)=O)[C@@H](OC(C)=O)C1(F)F. The first-order valence-corrected chi connectivity index (χ1v) is 6.67. The Kier molecular flexibility index (Phi) is 6.50. The molecule has 0 spiro atoms. The van der Waals surface area contributed by atoms with Crippen molar-refractivity contribution < 1.29 is 46.9 Å². The highest BCUT2D eigenvalue weighted by Crippen LogP contribution is 2.38. The van der Waals surface area contributed by atoms with E-state index in [9.17, 15) is 28.0 Å². The third kappa shape index (κ3) is 4.80. The van der Waals surface area contributed by atoms with Gasteiger partial charge in [0.05, 0.1) is 0 Å². The highest BCUT2D eigenvalue weighted by Gasteiger charge is 2.62. The summed E-state index contributed by atoms with van der Waals surface area (Å²) in [4.78, 5) is 46.7. The molecule has 0 radical (unpaired) electrons. The van der Waals surface area contributed by atoms with Crippen molar-refractivity contribution >= 4 is 24.0 Å². The maximum absolute atomic E-state index is 14.5. The molecule has 9 nitrogen and oxygen atoms in total. The Balaban J connectivity index is 3.22. The summed E-state index contributed by atoms with van der Waals surface area (Å²) in [6, 6.07) is 0. The highest BCUT2D eigenvalue weighted by molar-refractivity contribution is 5.67. The summed E-state index contributed by atoms with van der Waals surface area (Å²) in [7, 11) is 0. The molecule has 0 unspecified atom stereocenters. The first-order valence-electron chi connectivity index (χ1n) is 6.67. The molecule has 0 saturated carbocycles. The fourth-order valence-electron chi connectivity index (χ4n) is 2.02. The fourth-order valence-corrected chi connectivity index (χ4v) is 2.02. The summed E-state index contributed by atoms with van der Waals surface area (Å²) in [6.45, 7) is 1.90. The quantitative estimate of drug-likeness (QED) is 0.296. The van der Waals surface area contributed by atoms with Crippen molar-refractivity contribution in [2.45, 2.75) is 51.2 Å². The standard InChI is InChI=1S/C13H15F2NO8/c1-6(18)21-4-9-13(14,15)11(23-8(3)20)10(22-7(2)19)12(24-9)16-5-17/h9-12H,4H2,1-3H3/t9-,10-,11-,12-/m1/s1. The van der Waals surface area contributed by atoms with E-state index < -0.39 is 55.0 Å². The van der Waals surface area contributed by atoms with Crippen LogP contribution in [0.5, 0.6) is 0 Å². The van der Waals surface area contributed by atoms with Crippen LogP contribution in [-0.2, 0) is 38.1 Å². The molecule has 1 rings (SSSR count). The van der Waals surface area contributed by atoms with Crippen molar-refractivity contribution in [2.75, 3.05) is 6.61 Å². The Bertz CT molecular complexity index is 560. The number of alkyl halides is 2. The summed E-state index contributed by atoms with van der Waals surface area (Å²) in [5.74, 6) is -6.81. The Morgan fingerprint density at radius 2 is 1.71 bits per heavy atom. The van der Waals surface area contributed by atoms with E-state index in [1.165, 1.54) is 0 Å². The number of halogens is 2. The molecule has 11 heteroatoms. The predicted octanol–water partition coefficient (Wildman–Crippen LogP) is 0.109. The maximum Gasteiger partial charge on any atom is 0.317 e. The predicted molar refractivity (Wildman–Crippen MR) is 69.5 cm³/mol. The van der Waals surface area contributed by atoms with E-state index in [0.717, 1.165) is 26.9 Å². The largest absolute Gasteiger partial charge is 0.463 e. The van der Waals surface area contributed by atoms with Gasteiger partial charge in [0.2, 0.25) is 18.4 Å². The van der Waals surface area contributed by atoms with Crippen molar-refractivity contribution in [3.63, 3.8) is 0 Å². The van der Waals surface area contributed by atoms with Crippen LogP contribution < -0.4 is 0 Å². The number of rotatable bonds is 5. The smallest absolute Gasteiger partial charge is 0.317 e. The second-order valence-corrected chi connectivity index (χ2v) is 4.82. The third-order valence-corrected chi connectivity index (χ3v) is 2.90. The molecule has 0 aromatic rings. The lowest BCUT2D eigenvalue weighted by molar-refractivity contribution is -0.299. The number of hydrogen-bond acceptors (Lipinski definition) is 9. The van der Waals surface area contributed by atoms with Gasteiger partial charge in [-0.2, -0.15) is 13.8 Å². The Labute approximate surface area is 134 Å². The minimum Gasteiger partial charge on any atom is -0.463 e. The van der Waals surface area contributed by atoms with Crippen LogP contribution in [0, 0.1) is 0 Å². The normalized spacial score (nSPS) is 28.2. The van der Waals surface area contributed by atoms with Crippen molar-refractivity contribution in [1.82, 2.24) is 0 Å². The number of isocyanates is 1. The monoisotopic (exact) mass is 351 g/mol. The van der Waals surface area contributed by atoms with Gasteiger partial charge in [-0.3, -0.25) is 14.4 Å². The number of carbonyl (C=O) groups is 3. The van der Waals surface area contributed by atoms with E-state index in [1.54, 1.807) is 0 Å². The zero-order valence-electron chi connectivity index (χ0n) is 13.0. The molecule has 0 aliphatic carbocycles. The Hall–Kier alpha value is -2.39. The molecule has 0 bridgehead atoms. The number of ether oxygens (including phenoxy) is 4. The van der Waals surface area contributed by atoms with Gasteiger partial charge in [0.15, 0.2) is 12.2 Å². The summed E-state index contributed by atoms with van der Waals surface area (Å²) in [5.41, 5.74) is 0. The van der Waals surface area contributed by atoms with Gasteiger partial charge in [-0.1, -0.05) is 0 Å². The van der Waals surface area contributed by atoms with E-state index in [1.807, 2.05) is 0 Å². The Morgan fingerprint density at radius 3 is 2.17 bits per heavy atom. The van der Waals surface area contributed by atoms with E-state index in [0.29, 0.717) is 0 Å². The topological polar surface area (TPSA) is 118 Å². The molecule has 1 fully saturated rings. The minimum atomic E-state index is -3.89. The molecule has 1 aliphatic rings. The molecule has 4 atom stereocenters. The van der Waals surface area contributed by atoms with Gasteiger partial charge < -0.3 is 18.9 Å². The number of carbonyl (C=O) groups excluding carboxylic acids is 4. The lowest BCUT2D eigenvalue weighted by Gasteiger charge is -2.43. The van der Waals surface area contributed by atoms with Crippen LogP contribution in [0.1, 0.15) is 20.8 Å². The van der Waals surface area contributed by atoms with Crippen LogP contribution in [0.3, 0.4) is 0 Å². The second kappa shape index (κ2) is 7.93. The zero-order chi connectivity index (χ0) is 18.5. The molecule has 1 saturated heterocycles. The first-order chi connectivity index (χ1) is 11.1. The second-order valence-electron chi connectivity index (χ2n) is 4.82. The maximum atomic E-state index is 14.5. The average molecular weight is 351 g/mol. The summed E-state index contributed by atoms with van der Waals surface area (Å²) in [6.07, 6.45) is -6.88. The molecule has 24 heavy (non-hydrogen) atoms. The van der Waals surface area contributed by atoms with Crippen LogP contribution in [0.25, 0.3) is 0 Å². The van der Waals surface area contributed by atoms with Gasteiger partial charge >= 0.3 is 23.8 Å². The van der Waals surface area contributed by atoms with Crippen LogP contribution in [0.2, 0.25) is 0 Å². The number of aliphatic imine (C=N–C) groups is 1. The minimum absolute atomic E-state index is 0.851. The lowest BCUT2D eigenvalue weighted by Crippen LogP contribution is -2.64. The van der Waals surface area contributed by atoms with Crippen LogP contribution in [-0.4, -0.2) is 61.1 Å². The van der Waals surface area contributed by atoms with Crippen molar-refractivity contribution in [3.05, 3.63) is 0 Å². The Morgan fingerprint density at radius 1 is 1.12 bits per heavy atom. The molecular weight excluding hydrogens is 336 g/mol. The molecule has 1 heterocycles. The van der Waals surface area contributed by atoms with E-state index >= 15 is 0 Å². The molecule has 134 valence electrons. The number of nitrogens with zero attached hydrogens (tertiary/aromatic N) is 1. The molecule has 0 amide bonds. The fraction of sp³-hybridized carbons (Fsp3) is 0.692. The number of esters is 3. The van der Waals surface area contributed by atoms with Gasteiger partial charge in [0.25, 0.3) is 0 Å². The van der Waals surface area contributed by atoms with Crippen LogP contribution in [0.15, 0.2) is 4.99 Å². The van der Waals surface area contributed by atoms with E-state index in [4.69, 9.17) is 4.74 Å². The zero-order valence-corrected chi connectivity index (χ0v) is 13.0. The molecular formula is C13H15F2NO8. The molecule has 0 aromatic heterocycles. The van der Waals surface area contributed by atoms with Gasteiger partial charge in [-0.05, 0) is 0 Å². The van der Waals surface area contributed by atoms with Gasteiger partial charge in [-0.25, -0.2) is 4.79 Å². The van der Waals surface area contributed by atoms with Crippen molar-refractivity contribution in [2.24, 2.45) is 4.99 Å².